The SMILES string of the molecule is [B][C@@]1(N2Cc3cc(CNC(=O)C(F)(F)c4ccc(Cl)cc4F)ccc3C2=O)CCC(=O)NC1=O. The summed E-state index contributed by atoms with van der Waals surface area (Å²) in [5.41, 5.74) is -1.69. The van der Waals surface area contributed by atoms with Gasteiger partial charge in [-0.1, -0.05) is 23.7 Å². The smallest absolute Gasteiger partial charge is 0.346 e. The summed E-state index contributed by atoms with van der Waals surface area (Å²) in [5, 5.41) is 4.10. The first-order valence-electron chi connectivity index (χ1n) is 10.1. The van der Waals surface area contributed by atoms with E-state index in [1.807, 2.05) is 0 Å². The molecule has 174 valence electrons. The molecule has 2 radical (unpaired) electrons. The van der Waals surface area contributed by atoms with Gasteiger partial charge in [0.1, 0.15) is 13.7 Å². The Morgan fingerprint density at radius 3 is 2.62 bits per heavy atom. The first-order chi connectivity index (χ1) is 15.9. The Morgan fingerprint density at radius 2 is 1.94 bits per heavy atom. The molecular weight excluding hydrogens is 474 g/mol. The molecule has 34 heavy (non-hydrogen) atoms. The summed E-state index contributed by atoms with van der Waals surface area (Å²) in [6.45, 7) is -0.367. The third kappa shape index (κ3) is 4.04. The second kappa shape index (κ2) is 8.46. The van der Waals surface area contributed by atoms with Gasteiger partial charge in [0.25, 0.3) is 11.8 Å². The van der Waals surface area contributed by atoms with Crippen LogP contribution in [0.5, 0.6) is 0 Å². The second-order valence-corrected chi connectivity index (χ2v) is 8.50. The minimum absolute atomic E-state index is 0.0257. The van der Waals surface area contributed by atoms with Crippen molar-refractivity contribution in [2.24, 2.45) is 0 Å². The van der Waals surface area contributed by atoms with Crippen LogP contribution >= 0.6 is 11.6 Å². The molecule has 0 bridgehead atoms. The van der Waals surface area contributed by atoms with Crippen LogP contribution in [-0.2, 0) is 33.4 Å². The summed E-state index contributed by atoms with van der Waals surface area (Å²) in [7, 11) is 6.16. The van der Waals surface area contributed by atoms with Crippen LogP contribution in [0.1, 0.15) is 39.9 Å². The Morgan fingerprint density at radius 1 is 1.21 bits per heavy atom. The number of hydrogen-bond acceptors (Lipinski definition) is 4. The Kier molecular flexibility index (Phi) is 5.93. The monoisotopic (exact) mass is 489 g/mol. The quantitative estimate of drug-likeness (QED) is 0.497. The van der Waals surface area contributed by atoms with Gasteiger partial charge < -0.3 is 10.2 Å². The molecule has 0 aromatic heterocycles. The summed E-state index contributed by atoms with van der Waals surface area (Å²) >= 11 is 5.57. The van der Waals surface area contributed by atoms with Crippen LogP contribution < -0.4 is 10.6 Å². The molecule has 4 rings (SSSR count). The van der Waals surface area contributed by atoms with Crippen molar-refractivity contribution < 1.29 is 32.3 Å². The lowest BCUT2D eigenvalue weighted by molar-refractivity contribution is -0.147. The van der Waals surface area contributed by atoms with Crippen LogP contribution in [-0.4, -0.2) is 41.8 Å². The number of nitrogens with one attached hydrogen (secondary N) is 2. The number of alkyl halides is 2. The van der Waals surface area contributed by atoms with Crippen LogP contribution in [0.4, 0.5) is 13.2 Å². The van der Waals surface area contributed by atoms with Gasteiger partial charge in [-0.25, -0.2) is 4.39 Å². The van der Waals surface area contributed by atoms with Crippen molar-refractivity contribution in [1.29, 1.82) is 0 Å². The van der Waals surface area contributed by atoms with Gasteiger partial charge in [0.2, 0.25) is 11.8 Å². The number of amides is 4. The highest BCUT2D eigenvalue weighted by molar-refractivity contribution is 6.32. The molecule has 12 heteroatoms. The lowest BCUT2D eigenvalue weighted by Gasteiger charge is -2.40. The molecule has 0 aliphatic carbocycles. The van der Waals surface area contributed by atoms with E-state index in [4.69, 9.17) is 19.4 Å². The van der Waals surface area contributed by atoms with E-state index in [1.165, 1.54) is 18.2 Å². The van der Waals surface area contributed by atoms with Gasteiger partial charge >= 0.3 is 5.92 Å². The predicted molar refractivity (Wildman–Crippen MR) is 114 cm³/mol. The number of fused-ring (bicyclic) bond motifs is 1. The lowest BCUT2D eigenvalue weighted by atomic mass is 9.70. The van der Waals surface area contributed by atoms with Crippen LogP contribution in [0, 0.1) is 5.82 Å². The summed E-state index contributed by atoms with van der Waals surface area (Å²) in [4.78, 5) is 49.8. The highest BCUT2D eigenvalue weighted by atomic mass is 35.5. The molecule has 1 fully saturated rings. The molecule has 2 aliphatic rings. The van der Waals surface area contributed by atoms with Crippen LogP contribution in [0.2, 0.25) is 5.02 Å². The van der Waals surface area contributed by atoms with Crippen LogP contribution in [0.3, 0.4) is 0 Å². The van der Waals surface area contributed by atoms with E-state index in [0.29, 0.717) is 17.2 Å². The summed E-state index contributed by atoms with van der Waals surface area (Å²) in [5.74, 6) is -8.94. The van der Waals surface area contributed by atoms with Gasteiger partial charge in [-0.05, 0) is 41.8 Å². The Bertz CT molecular complexity index is 1240. The molecule has 1 atom stereocenters. The maximum absolute atomic E-state index is 14.5. The lowest BCUT2D eigenvalue weighted by Crippen LogP contribution is -2.63. The van der Waals surface area contributed by atoms with Crippen molar-refractivity contribution in [2.75, 3.05) is 0 Å². The Hall–Kier alpha value is -3.34. The Labute approximate surface area is 198 Å². The highest BCUT2D eigenvalue weighted by Crippen LogP contribution is 2.34. The van der Waals surface area contributed by atoms with Gasteiger partial charge in [0, 0.05) is 30.1 Å². The van der Waals surface area contributed by atoms with Gasteiger partial charge in [-0.3, -0.25) is 24.5 Å². The molecule has 1 saturated heterocycles. The van der Waals surface area contributed by atoms with E-state index in [1.54, 1.807) is 0 Å². The third-order valence-electron chi connectivity index (χ3n) is 5.84. The molecule has 2 aromatic carbocycles. The number of carbonyl (C=O) groups excluding carboxylic acids is 4. The number of rotatable bonds is 5. The largest absolute Gasteiger partial charge is 0.352 e. The number of piperidine rings is 1. The maximum Gasteiger partial charge on any atom is 0.352 e. The van der Waals surface area contributed by atoms with Crippen LogP contribution in [0.15, 0.2) is 36.4 Å². The third-order valence-corrected chi connectivity index (χ3v) is 6.08. The fourth-order valence-electron chi connectivity index (χ4n) is 3.94. The van der Waals surface area contributed by atoms with E-state index in [9.17, 15) is 32.3 Å². The fourth-order valence-corrected chi connectivity index (χ4v) is 4.10. The number of imide groups is 1. The number of hydrogen-bond donors (Lipinski definition) is 2. The average Bonchev–Trinajstić information content (AvgIpc) is 3.11. The van der Waals surface area contributed by atoms with Crippen molar-refractivity contribution in [1.82, 2.24) is 15.5 Å². The predicted octanol–water partition coefficient (Wildman–Crippen LogP) is 2.14. The summed E-state index contributed by atoms with van der Waals surface area (Å²) < 4.78 is 42.8. The molecule has 2 heterocycles. The molecule has 2 N–H and O–H groups in total. The van der Waals surface area contributed by atoms with Crippen molar-refractivity contribution >= 4 is 43.1 Å². The minimum atomic E-state index is -4.14. The first-order valence-corrected chi connectivity index (χ1v) is 10.5. The maximum atomic E-state index is 14.5. The second-order valence-electron chi connectivity index (χ2n) is 8.07. The van der Waals surface area contributed by atoms with E-state index in [-0.39, 0.29) is 36.5 Å². The normalized spacial score (nSPS) is 20.2. The van der Waals surface area contributed by atoms with Gasteiger partial charge in [-0.2, -0.15) is 8.78 Å². The molecule has 4 amide bonds. The molecule has 0 spiro atoms. The molecule has 2 aromatic rings. The molecule has 7 nitrogen and oxygen atoms in total. The van der Waals surface area contributed by atoms with E-state index >= 15 is 0 Å². The number of benzene rings is 2. The zero-order valence-electron chi connectivity index (χ0n) is 17.5. The van der Waals surface area contributed by atoms with Crippen molar-refractivity contribution in [3.05, 3.63) is 69.5 Å². The molecular formula is C22H16BClF3N3O4. The summed E-state index contributed by atoms with van der Waals surface area (Å²) in [6.07, 6.45) is -0.0707. The summed E-state index contributed by atoms with van der Waals surface area (Å²) in [6, 6.07) is 6.89. The van der Waals surface area contributed by atoms with E-state index < -0.39 is 46.4 Å². The van der Waals surface area contributed by atoms with E-state index in [0.717, 1.165) is 17.0 Å². The standard InChI is InChI=1S/C22H16BClF3N3O4/c23-21(6-5-17(31)29-19(21)33)30-10-12-7-11(1-3-14(12)18(30)32)9-28-20(34)22(26,27)15-4-2-13(24)8-16(15)25/h1-4,7-8H,5-6,9-10H2,(H,28,34)(H,29,31,33)/t21-/m1/s1. The van der Waals surface area contributed by atoms with E-state index in [2.05, 4.69) is 10.6 Å². The van der Waals surface area contributed by atoms with Gasteiger partial charge in [0.15, 0.2) is 0 Å². The Balaban J connectivity index is 1.47. The fraction of sp³-hybridized carbons (Fsp3) is 0.273. The van der Waals surface area contributed by atoms with Gasteiger partial charge in [-0.15, -0.1) is 0 Å². The first kappa shape index (κ1) is 23.8. The number of carbonyl (C=O) groups is 4. The van der Waals surface area contributed by atoms with Crippen LogP contribution in [0.25, 0.3) is 0 Å². The van der Waals surface area contributed by atoms with Crippen molar-refractivity contribution in [3.8, 4) is 0 Å². The zero-order valence-corrected chi connectivity index (χ0v) is 18.2. The topological polar surface area (TPSA) is 95.6 Å². The number of nitrogens with zero attached hydrogens (tertiary/aromatic N) is 1. The van der Waals surface area contributed by atoms with Gasteiger partial charge in [0.05, 0.1) is 11.0 Å². The zero-order chi connectivity index (χ0) is 24.8. The molecule has 0 unspecified atom stereocenters. The minimum Gasteiger partial charge on any atom is -0.346 e. The molecule has 0 saturated carbocycles. The average molecular weight is 490 g/mol. The van der Waals surface area contributed by atoms with Crippen molar-refractivity contribution in [3.63, 3.8) is 0 Å². The number of halogens is 4. The van der Waals surface area contributed by atoms with Crippen molar-refractivity contribution in [2.45, 2.75) is 37.3 Å². The highest BCUT2D eigenvalue weighted by Gasteiger charge is 2.48. The molecule has 2 aliphatic heterocycles.